The largest absolute Gasteiger partial charge is 0.466 e. The van der Waals surface area contributed by atoms with Crippen LogP contribution in [0.1, 0.15) is 44.3 Å². The van der Waals surface area contributed by atoms with Crippen LogP contribution in [0.3, 0.4) is 0 Å². The number of rotatable bonds is 7. The van der Waals surface area contributed by atoms with E-state index in [0.29, 0.717) is 25.5 Å². The molecular formula is C16H23NO3. The van der Waals surface area contributed by atoms with E-state index in [1.54, 1.807) is 6.92 Å². The van der Waals surface area contributed by atoms with E-state index in [1.807, 2.05) is 24.3 Å². The Morgan fingerprint density at radius 1 is 1.40 bits per heavy atom. The summed E-state index contributed by atoms with van der Waals surface area (Å²) in [7, 11) is 0. The molecule has 1 unspecified atom stereocenters. The average Bonchev–Trinajstić information content (AvgIpc) is 2.38. The van der Waals surface area contributed by atoms with Crippen LogP contribution in [-0.4, -0.2) is 24.2 Å². The number of nitrogens with one attached hydrogen (secondary N) is 1. The van der Waals surface area contributed by atoms with Crippen molar-refractivity contribution in [2.24, 2.45) is 5.92 Å². The van der Waals surface area contributed by atoms with Gasteiger partial charge in [-0.2, -0.15) is 0 Å². The summed E-state index contributed by atoms with van der Waals surface area (Å²) in [5, 5.41) is 13.3. The fraction of sp³-hybridized carbons (Fsp3) is 0.562. The van der Waals surface area contributed by atoms with Crippen LogP contribution >= 0.6 is 0 Å². The number of ether oxygens (including phenoxy) is 1. The zero-order valence-electron chi connectivity index (χ0n) is 12.0. The first-order chi connectivity index (χ1) is 9.70. The van der Waals surface area contributed by atoms with Crippen molar-refractivity contribution >= 4 is 11.7 Å². The minimum Gasteiger partial charge on any atom is -0.466 e. The SMILES string of the molecule is CCOC(=O)CCNc1ccc(C(O)C2CCC2)cc1. The lowest BCUT2D eigenvalue weighted by atomic mass is 9.79. The topological polar surface area (TPSA) is 58.6 Å². The van der Waals surface area contributed by atoms with Crippen molar-refractivity contribution in [3.8, 4) is 0 Å². The third-order valence-corrected chi connectivity index (χ3v) is 3.81. The lowest BCUT2D eigenvalue weighted by Crippen LogP contribution is -2.19. The molecule has 4 nitrogen and oxygen atoms in total. The smallest absolute Gasteiger partial charge is 0.307 e. The van der Waals surface area contributed by atoms with Gasteiger partial charge in [-0.1, -0.05) is 18.6 Å². The number of esters is 1. The van der Waals surface area contributed by atoms with Gasteiger partial charge in [0.05, 0.1) is 19.1 Å². The van der Waals surface area contributed by atoms with Crippen molar-refractivity contribution < 1.29 is 14.6 Å². The normalized spacial score (nSPS) is 16.3. The molecule has 0 aromatic heterocycles. The summed E-state index contributed by atoms with van der Waals surface area (Å²) in [6.07, 6.45) is 3.51. The second-order valence-electron chi connectivity index (χ2n) is 5.24. The molecule has 0 amide bonds. The maximum Gasteiger partial charge on any atom is 0.307 e. The van der Waals surface area contributed by atoms with Gasteiger partial charge in [0.2, 0.25) is 0 Å². The van der Waals surface area contributed by atoms with E-state index >= 15 is 0 Å². The number of hydrogen-bond acceptors (Lipinski definition) is 4. The van der Waals surface area contributed by atoms with Gasteiger partial charge in [0, 0.05) is 12.2 Å². The highest BCUT2D eigenvalue weighted by atomic mass is 16.5. The van der Waals surface area contributed by atoms with Crippen LogP contribution in [-0.2, 0) is 9.53 Å². The van der Waals surface area contributed by atoms with Crippen LogP contribution in [0.4, 0.5) is 5.69 Å². The molecular weight excluding hydrogens is 254 g/mol. The van der Waals surface area contributed by atoms with Gasteiger partial charge in [-0.25, -0.2) is 0 Å². The minimum atomic E-state index is -0.336. The molecule has 1 saturated carbocycles. The van der Waals surface area contributed by atoms with Crippen LogP contribution in [0.2, 0.25) is 0 Å². The molecule has 1 fully saturated rings. The summed E-state index contributed by atoms with van der Waals surface area (Å²) >= 11 is 0. The third-order valence-electron chi connectivity index (χ3n) is 3.81. The molecule has 1 aromatic carbocycles. The van der Waals surface area contributed by atoms with Gasteiger partial charge in [-0.15, -0.1) is 0 Å². The standard InChI is InChI=1S/C16H23NO3/c1-2-20-15(18)10-11-17-14-8-6-13(7-9-14)16(19)12-4-3-5-12/h6-9,12,16-17,19H,2-5,10-11H2,1H3. The number of benzene rings is 1. The lowest BCUT2D eigenvalue weighted by molar-refractivity contribution is -0.142. The molecule has 1 aromatic rings. The van der Waals surface area contributed by atoms with E-state index in [1.165, 1.54) is 6.42 Å². The molecule has 1 aliphatic carbocycles. The second-order valence-corrected chi connectivity index (χ2v) is 5.24. The van der Waals surface area contributed by atoms with Crippen LogP contribution in [0.25, 0.3) is 0 Å². The van der Waals surface area contributed by atoms with Crippen LogP contribution in [0, 0.1) is 5.92 Å². The molecule has 110 valence electrons. The lowest BCUT2D eigenvalue weighted by Gasteiger charge is -2.30. The van der Waals surface area contributed by atoms with Gasteiger partial charge < -0.3 is 15.2 Å². The monoisotopic (exact) mass is 277 g/mol. The van der Waals surface area contributed by atoms with Crippen molar-refractivity contribution in [3.05, 3.63) is 29.8 Å². The minimum absolute atomic E-state index is 0.183. The van der Waals surface area contributed by atoms with E-state index in [9.17, 15) is 9.90 Å². The Kier molecular flexibility index (Phi) is 5.41. The van der Waals surface area contributed by atoms with E-state index in [-0.39, 0.29) is 12.1 Å². The van der Waals surface area contributed by atoms with Gasteiger partial charge >= 0.3 is 5.97 Å². The molecule has 1 aliphatic rings. The second kappa shape index (κ2) is 7.29. The fourth-order valence-electron chi connectivity index (χ4n) is 2.37. The van der Waals surface area contributed by atoms with Gasteiger partial charge in [0.25, 0.3) is 0 Å². The first-order valence-electron chi connectivity index (χ1n) is 7.38. The Morgan fingerprint density at radius 3 is 2.65 bits per heavy atom. The van der Waals surface area contributed by atoms with E-state index < -0.39 is 0 Å². The summed E-state index contributed by atoms with van der Waals surface area (Å²) in [5.74, 6) is 0.245. The first kappa shape index (κ1) is 14.9. The predicted octanol–water partition coefficient (Wildman–Crippen LogP) is 2.89. The Morgan fingerprint density at radius 2 is 2.10 bits per heavy atom. The van der Waals surface area contributed by atoms with Crippen LogP contribution < -0.4 is 5.32 Å². The third kappa shape index (κ3) is 3.97. The highest BCUT2D eigenvalue weighted by Crippen LogP contribution is 2.37. The number of hydrogen-bond donors (Lipinski definition) is 2. The fourth-order valence-corrected chi connectivity index (χ4v) is 2.37. The highest BCUT2D eigenvalue weighted by molar-refractivity contribution is 5.70. The number of anilines is 1. The average molecular weight is 277 g/mol. The van der Waals surface area contributed by atoms with Gasteiger partial charge in [-0.3, -0.25) is 4.79 Å². The van der Waals surface area contributed by atoms with E-state index in [0.717, 1.165) is 24.1 Å². The van der Waals surface area contributed by atoms with Crippen molar-refractivity contribution in [2.75, 3.05) is 18.5 Å². The molecule has 4 heteroatoms. The Hall–Kier alpha value is -1.55. The summed E-state index contributed by atoms with van der Waals surface area (Å²) in [4.78, 5) is 11.2. The summed E-state index contributed by atoms with van der Waals surface area (Å²) in [6.45, 7) is 2.79. The molecule has 20 heavy (non-hydrogen) atoms. The molecule has 0 bridgehead atoms. The van der Waals surface area contributed by atoms with Crippen LogP contribution in [0.5, 0.6) is 0 Å². The van der Waals surface area contributed by atoms with Crippen molar-refractivity contribution in [1.29, 1.82) is 0 Å². The van der Waals surface area contributed by atoms with Crippen molar-refractivity contribution in [3.63, 3.8) is 0 Å². The van der Waals surface area contributed by atoms with Crippen molar-refractivity contribution in [1.82, 2.24) is 0 Å². The number of aliphatic hydroxyl groups is 1. The first-order valence-corrected chi connectivity index (χ1v) is 7.38. The number of carbonyl (C=O) groups excluding carboxylic acids is 1. The zero-order chi connectivity index (χ0) is 14.4. The maximum atomic E-state index is 11.2. The van der Waals surface area contributed by atoms with Crippen LogP contribution in [0.15, 0.2) is 24.3 Å². The Balaban J connectivity index is 1.77. The van der Waals surface area contributed by atoms with E-state index in [2.05, 4.69) is 5.32 Å². The Labute approximate surface area is 120 Å². The van der Waals surface area contributed by atoms with Crippen molar-refractivity contribution in [2.45, 2.75) is 38.7 Å². The maximum absolute atomic E-state index is 11.2. The summed E-state index contributed by atoms with van der Waals surface area (Å²) in [6, 6.07) is 7.80. The van der Waals surface area contributed by atoms with E-state index in [4.69, 9.17) is 4.74 Å². The molecule has 0 spiro atoms. The van der Waals surface area contributed by atoms with Gasteiger partial charge in [-0.05, 0) is 43.4 Å². The molecule has 0 radical (unpaired) electrons. The molecule has 1 atom stereocenters. The molecule has 0 heterocycles. The highest BCUT2D eigenvalue weighted by Gasteiger charge is 2.26. The molecule has 2 rings (SSSR count). The van der Waals surface area contributed by atoms with Gasteiger partial charge in [0.15, 0.2) is 0 Å². The number of aliphatic hydroxyl groups excluding tert-OH is 1. The molecule has 0 aliphatic heterocycles. The molecule has 2 N–H and O–H groups in total. The summed E-state index contributed by atoms with van der Waals surface area (Å²) in [5.41, 5.74) is 1.93. The number of carbonyl (C=O) groups is 1. The summed E-state index contributed by atoms with van der Waals surface area (Å²) < 4.78 is 4.86. The zero-order valence-corrected chi connectivity index (χ0v) is 12.0. The van der Waals surface area contributed by atoms with Gasteiger partial charge in [0.1, 0.15) is 0 Å². The quantitative estimate of drug-likeness (QED) is 0.752. The Bertz CT molecular complexity index is 426. The molecule has 0 saturated heterocycles. The predicted molar refractivity (Wildman–Crippen MR) is 78.5 cm³/mol.